The first-order valence-electron chi connectivity index (χ1n) is 14.8. The monoisotopic (exact) mass is 650 g/mol. The summed E-state index contributed by atoms with van der Waals surface area (Å²) in [6.45, 7) is 8.53. The van der Waals surface area contributed by atoms with Crippen LogP contribution in [0.5, 0.6) is 0 Å². The van der Waals surface area contributed by atoms with Crippen LogP contribution in [-0.4, -0.2) is 86.7 Å². The molecule has 4 amide bonds. The van der Waals surface area contributed by atoms with Crippen LogP contribution in [0.25, 0.3) is 0 Å². The van der Waals surface area contributed by atoms with E-state index in [0.717, 1.165) is 6.04 Å². The Morgan fingerprint density at radius 1 is 0.844 bits per heavy atom. The molecule has 0 aliphatic heterocycles. The van der Waals surface area contributed by atoms with E-state index in [0.29, 0.717) is 24.1 Å². The van der Waals surface area contributed by atoms with E-state index in [4.69, 9.17) is 27.0 Å². The Balaban J connectivity index is 2.99. The summed E-state index contributed by atoms with van der Waals surface area (Å²) in [4.78, 5) is 51.9. The van der Waals surface area contributed by atoms with E-state index in [9.17, 15) is 24.3 Å². The first-order valence-corrected chi connectivity index (χ1v) is 18.5. The van der Waals surface area contributed by atoms with Crippen LogP contribution in [0.4, 0.5) is 10.5 Å². The molecular weight excluding hydrogens is 600 g/mol. The second-order valence-corrected chi connectivity index (χ2v) is 17.4. The smallest absolute Gasteiger partial charge is 0.407 e. The van der Waals surface area contributed by atoms with Gasteiger partial charge in [0.05, 0.1) is 13.2 Å². The third-order valence-electron chi connectivity index (χ3n) is 6.45. The highest BCUT2D eigenvalue weighted by atomic mass is 28.3. The fourth-order valence-electron chi connectivity index (χ4n) is 3.82. The van der Waals surface area contributed by atoms with Crippen LogP contribution in [0.3, 0.4) is 0 Å². The van der Waals surface area contributed by atoms with Crippen molar-refractivity contribution in [2.45, 2.75) is 83.0 Å². The Morgan fingerprint density at radius 2 is 1.36 bits per heavy atom. The van der Waals surface area contributed by atoms with Crippen molar-refractivity contribution < 1.29 is 29.0 Å². The predicted octanol–water partition coefficient (Wildman–Crippen LogP) is 0.0664. The van der Waals surface area contributed by atoms with E-state index < -0.39 is 50.0 Å². The number of ether oxygens (including phenoxy) is 1. The van der Waals surface area contributed by atoms with E-state index in [1.165, 1.54) is 6.92 Å². The standard InChI is InChI=1S/C28H50N10O6Si/c1-18(35-28(43)44-15-16-45(2,3)4)23(40)37-22(8-6-14-34-27(31)32)25(42)38-21(7-5-13-33-26(29)30)24(41)36-20-11-9-19(17-39)10-12-20/h9-12,18,21-22,39H,5-8,13-17H2,1-4H3,(H,35,43)(H,36,41)(H,37,40)(H,38,42)(H4,29,30,33)(H4,31,32,34)/t18-,21-,22+/m0/s1. The molecule has 13 N–H and O–H groups in total. The number of amides is 4. The van der Waals surface area contributed by atoms with Gasteiger partial charge in [0.1, 0.15) is 18.1 Å². The van der Waals surface area contributed by atoms with Crippen LogP contribution in [0.15, 0.2) is 24.3 Å². The van der Waals surface area contributed by atoms with Crippen LogP contribution in [0, 0.1) is 10.8 Å². The topological polar surface area (TPSA) is 270 Å². The van der Waals surface area contributed by atoms with Gasteiger partial charge in [-0.2, -0.15) is 0 Å². The van der Waals surface area contributed by atoms with Gasteiger partial charge in [-0.25, -0.2) is 4.79 Å². The lowest BCUT2D eigenvalue weighted by atomic mass is 10.1. The van der Waals surface area contributed by atoms with Crippen LogP contribution < -0.4 is 43.4 Å². The number of hydrogen-bond acceptors (Lipinski definition) is 8. The second kappa shape index (κ2) is 19.8. The Kier molecular flexibility index (Phi) is 17.0. The lowest BCUT2D eigenvalue weighted by Crippen LogP contribution is -2.55. The summed E-state index contributed by atoms with van der Waals surface area (Å²) < 4.78 is 5.20. The molecule has 252 valence electrons. The highest BCUT2D eigenvalue weighted by molar-refractivity contribution is 6.76. The minimum atomic E-state index is -1.42. The molecule has 0 saturated heterocycles. The molecule has 0 aliphatic rings. The minimum Gasteiger partial charge on any atom is -0.450 e. The first-order chi connectivity index (χ1) is 21.1. The Labute approximate surface area is 265 Å². The zero-order valence-corrected chi connectivity index (χ0v) is 27.5. The minimum absolute atomic E-state index is 0.133. The van der Waals surface area contributed by atoms with Crippen LogP contribution in [0.1, 0.15) is 38.2 Å². The zero-order valence-electron chi connectivity index (χ0n) is 26.5. The molecule has 0 heterocycles. The first kappa shape index (κ1) is 38.6. The van der Waals surface area contributed by atoms with Gasteiger partial charge in [-0.15, -0.1) is 0 Å². The lowest BCUT2D eigenvalue weighted by Gasteiger charge is -2.25. The number of aliphatic hydroxyl groups excluding tert-OH is 1. The number of guanidine groups is 2. The van der Waals surface area contributed by atoms with Crippen molar-refractivity contribution in [1.82, 2.24) is 26.6 Å². The SMILES string of the molecule is C[C@H](NC(=O)OCC[Si](C)(C)C)C(=O)N[C@H](CCCNC(=N)N)C(=O)N[C@@H](CCCNC(=N)N)C(=O)Nc1ccc(CO)cc1. The van der Waals surface area contributed by atoms with E-state index in [1.807, 2.05) is 0 Å². The molecule has 0 aromatic heterocycles. The highest BCUT2D eigenvalue weighted by Crippen LogP contribution is 2.12. The molecule has 45 heavy (non-hydrogen) atoms. The molecule has 3 atom stereocenters. The van der Waals surface area contributed by atoms with Crippen LogP contribution >= 0.6 is 0 Å². The third-order valence-corrected chi connectivity index (χ3v) is 8.16. The van der Waals surface area contributed by atoms with Gasteiger partial charge in [-0.05, 0) is 56.3 Å². The average molecular weight is 651 g/mol. The maximum Gasteiger partial charge on any atom is 0.407 e. The summed E-state index contributed by atoms with van der Waals surface area (Å²) in [6.07, 6.45) is 0.288. The number of hydrogen-bond donors (Lipinski definition) is 11. The Morgan fingerprint density at radius 3 is 1.84 bits per heavy atom. The molecule has 1 aromatic carbocycles. The number of carbonyl (C=O) groups excluding carboxylic acids is 4. The van der Waals surface area contributed by atoms with Crippen molar-refractivity contribution in [3.05, 3.63) is 29.8 Å². The van der Waals surface area contributed by atoms with E-state index in [1.54, 1.807) is 24.3 Å². The summed E-state index contributed by atoms with van der Waals surface area (Å²) in [5, 5.41) is 39.8. The molecule has 1 rings (SSSR count). The van der Waals surface area contributed by atoms with Gasteiger partial charge < -0.3 is 53.2 Å². The van der Waals surface area contributed by atoms with Gasteiger partial charge in [0, 0.05) is 26.9 Å². The molecule has 0 aliphatic carbocycles. The van der Waals surface area contributed by atoms with Gasteiger partial charge in [0.2, 0.25) is 17.7 Å². The second-order valence-electron chi connectivity index (χ2n) is 11.7. The summed E-state index contributed by atoms with van der Waals surface area (Å²) in [5.41, 5.74) is 11.8. The van der Waals surface area contributed by atoms with Crippen molar-refractivity contribution in [2.24, 2.45) is 11.5 Å². The lowest BCUT2D eigenvalue weighted by molar-refractivity contribution is -0.131. The number of nitrogens with one attached hydrogen (secondary N) is 8. The Hall–Kier alpha value is -4.38. The zero-order chi connectivity index (χ0) is 34.0. The quantitative estimate of drug-likeness (QED) is 0.0415. The number of nitrogens with two attached hydrogens (primary N) is 2. The van der Waals surface area contributed by atoms with Gasteiger partial charge in [-0.1, -0.05) is 31.8 Å². The fourth-order valence-corrected chi connectivity index (χ4v) is 4.54. The van der Waals surface area contributed by atoms with Gasteiger partial charge in [0.25, 0.3) is 0 Å². The predicted molar refractivity (Wildman–Crippen MR) is 175 cm³/mol. The van der Waals surface area contributed by atoms with E-state index >= 15 is 0 Å². The fraction of sp³-hybridized carbons (Fsp3) is 0.571. The molecule has 0 fully saturated rings. The third kappa shape index (κ3) is 17.5. The van der Waals surface area contributed by atoms with Crippen molar-refractivity contribution in [1.29, 1.82) is 10.8 Å². The largest absolute Gasteiger partial charge is 0.450 e. The molecule has 0 radical (unpaired) electrons. The molecule has 0 bridgehead atoms. The van der Waals surface area contributed by atoms with Crippen molar-refractivity contribution in [3.8, 4) is 0 Å². The van der Waals surface area contributed by atoms with Crippen molar-refractivity contribution in [3.63, 3.8) is 0 Å². The molecular formula is C28H50N10O6Si. The van der Waals surface area contributed by atoms with E-state index in [-0.39, 0.29) is 51.1 Å². The van der Waals surface area contributed by atoms with Gasteiger partial charge >= 0.3 is 6.09 Å². The van der Waals surface area contributed by atoms with Crippen molar-refractivity contribution in [2.75, 3.05) is 25.0 Å². The number of anilines is 1. The number of aliphatic hydroxyl groups is 1. The highest BCUT2D eigenvalue weighted by Gasteiger charge is 2.28. The maximum absolute atomic E-state index is 13.5. The van der Waals surface area contributed by atoms with Gasteiger partial charge in [0.15, 0.2) is 11.9 Å². The summed E-state index contributed by atoms with van der Waals surface area (Å²) in [6, 6.07) is 4.18. The van der Waals surface area contributed by atoms with E-state index in [2.05, 4.69) is 51.5 Å². The molecule has 0 saturated carbocycles. The van der Waals surface area contributed by atoms with Crippen LogP contribution in [-0.2, 0) is 25.7 Å². The summed E-state index contributed by atoms with van der Waals surface area (Å²) in [7, 11) is -1.42. The maximum atomic E-state index is 13.5. The normalized spacial score (nSPS) is 12.9. The van der Waals surface area contributed by atoms with Crippen LogP contribution in [0.2, 0.25) is 25.7 Å². The molecule has 0 unspecified atom stereocenters. The average Bonchev–Trinajstić information content (AvgIpc) is 2.95. The number of benzene rings is 1. The van der Waals surface area contributed by atoms with Crippen molar-refractivity contribution >= 4 is 49.5 Å². The molecule has 17 heteroatoms. The Bertz CT molecular complexity index is 1150. The molecule has 1 aromatic rings. The van der Waals surface area contributed by atoms with Gasteiger partial charge in [-0.3, -0.25) is 25.2 Å². The summed E-state index contributed by atoms with van der Waals surface area (Å²) >= 11 is 0. The molecule has 0 spiro atoms. The summed E-state index contributed by atoms with van der Waals surface area (Å²) in [5.74, 6) is -2.25. The number of alkyl carbamates (subject to hydrolysis) is 1. The number of carbonyl (C=O) groups is 4. The number of rotatable bonds is 19. The molecule has 16 nitrogen and oxygen atoms in total.